The molecule has 0 unspecified atom stereocenters. The topological polar surface area (TPSA) is 84.2 Å². The number of nitrogen functional groups attached to an aromatic ring is 1. The fourth-order valence-electron chi connectivity index (χ4n) is 3.70. The molecule has 0 aliphatic heterocycles. The molecule has 4 N–H and O–H groups in total. The lowest BCUT2D eigenvalue weighted by Gasteiger charge is -2.11. The number of benzene rings is 3. The zero-order valence-corrected chi connectivity index (χ0v) is 20.8. The molecule has 1 fully saturated rings. The average Bonchev–Trinajstić information content (AvgIpc) is 3.30. The summed E-state index contributed by atoms with van der Waals surface area (Å²) in [6, 6.07) is 12.8. The predicted octanol–water partition coefficient (Wildman–Crippen LogP) is 7.15. The summed E-state index contributed by atoms with van der Waals surface area (Å²) in [5, 5.41) is 6.14. The van der Waals surface area contributed by atoms with Crippen LogP contribution in [-0.4, -0.2) is 16.1 Å². The van der Waals surface area contributed by atoms with Crippen molar-refractivity contribution in [1.82, 2.24) is 0 Å². The molecule has 4 rings (SSSR count). The Balaban J connectivity index is 1.52. The number of halogens is 6. The minimum atomic E-state index is -1.36. The van der Waals surface area contributed by atoms with Crippen LogP contribution in [0.25, 0.3) is 0 Å². The van der Waals surface area contributed by atoms with Crippen LogP contribution < -0.4 is 16.4 Å². The Bertz CT molecular complexity index is 1280. The number of amides is 2. The average molecular weight is 562 g/mol. The van der Waals surface area contributed by atoms with Gasteiger partial charge in [0.15, 0.2) is 0 Å². The van der Waals surface area contributed by atoms with Gasteiger partial charge < -0.3 is 16.4 Å². The number of nitrogens with one attached hydrogen (secondary N) is 2. The Morgan fingerprint density at radius 1 is 0.882 bits per heavy atom. The van der Waals surface area contributed by atoms with E-state index in [0.717, 1.165) is 12.1 Å². The second-order valence-corrected chi connectivity index (χ2v) is 10.5. The molecule has 5 nitrogen and oxygen atoms in total. The second-order valence-electron chi connectivity index (χ2n) is 7.74. The van der Waals surface area contributed by atoms with E-state index < -0.39 is 33.8 Å². The van der Waals surface area contributed by atoms with E-state index in [1.54, 1.807) is 18.2 Å². The predicted molar refractivity (Wildman–Crippen MR) is 136 cm³/mol. The van der Waals surface area contributed by atoms with Crippen molar-refractivity contribution in [2.75, 3.05) is 16.4 Å². The van der Waals surface area contributed by atoms with Gasteiger partial charge >= 0.3 is 0 Å². The fourth-order valence-corrected chi connectivity index (χ4v) is 5.28. The third-order valence-corrected chi connectivity index (χ3v) is 6.94. The first kappa shape index (κ1) is 24.9. The van der Waals surface area contributed by atoms with E-state index in [2.05, 4.69) is 10.6 Å². The largest absolute Gasteiger partial charge is 0.399 e. The normalized spacial score (nSPS) is 18.3. The first-order chi connectivity index (χ1) is 16.0. The smallest absolute Gasteiger partial charge is 0.257 e. The van der Waals surface area contributed by atoms with Gasteiger partial charge in [-0.1, -0.05) is 34.8 Å². The standard InChI is InChI=1S/C23H15Cl5FN3O2/c24-11-3-10(4-12(25)5-11)19-20(23(19,27)28)22(34)31-15-1-2-18(26)17(9-15)21(33)32-16-7-13(29)6-14(30)8-16/h1-9,19-20H,30H2,(H,31,34)(H,32,33)/t19-,20+/m0/s1. The molecular formula is C23H15Cl5FN3O2. The van der Waals surface area contributed by atoms with Crippen molar-refractivity contribution >= 4 is 86.9 Å². The molecule has 0 bridgehead atoms. The highest BCUT2D eigenvalue weighted by Gasteiger charge is 2.67. The molecule has 1 aliphatic rings. The van der Waals surface area contributed by atoms with Crippen LogP contribution >= 0.6 is 58.0 Å². The number of hydrogen-bond acceptors (Lipinski definition) is 3. The summed E-state index contributed by atoms with van der Waals surface area (Å²) in [4.78, 5) is 25.6. The van der Waals surface area contributed by atoms with Gasteiger partial charge in [-0.05, 0) is 60.2 Å². The Morgan fingerprint density at radius 2 is 1.56 bits per heavy atom. The van der Waals surface area contributed by atoms with E-state index in [4.69, 9.17) is 63.7 Å². The van der Waals surface area contributed by atoms with Crippen LogP contribution in [0.4, 0.5) is 21.5 Å². The van der Waals surface area contributed by atoms with E-state index in [-0.39, 0.29) is 27.6 Å². The molecule has 0 aromatic heterocycles. The summed E-state index contributed by atoms with van der Waals surface area (Å²) in [6.45, 7) is 0. The molecule has 1 saturated carbocycles. The highest BCUT2D eigenvalue weighted by Crippen LogP contribution is 2.65. The van der Waals surface area contributed by atoms with Crippen molar-refractivity contribution in [3.05, 3.63) is 86.6 Å². The molecule has 2 atom stereocenters. The summed E-state index contributed by atoms with van der Waals surface area (Å²) in [7, 11) is 0. The monoisotopic (exact) mass is 559 g/mol. The summed E-state index contributed by atoms with van der Waals surface area (Å²) < 4.78 is 12.2. The molecule has 176 valence electrons. The van der Waals surface area contributed by atoms with Crippen LogP contribution in [0.15, 0.2) is 54.6 Å². The van der Waals surface area contributed by atoms with Crippen LogP contribution in [0.3, 0.4) is 0 Å². The molecule has 3 aromatic rings. The molecule has 1 aliphatic carbocycles. The zero-order chi connectivity index (χ0) is 24.8. The number of carbonyl (C=O) groups is 2. The van der Waals surface area contributed by atoms with Gasteiger partial charge in [-0.2, -0.15) is 0 Å². The molecule has 3 aromatic carbocycles. The minimum absolute atomic E-state index is 0.0549. The maximum atomic E-state index is 13.6. The minimum Gasteiger partial charge on any atom is -0.399 e. The van der Waals surface area contributed by atoms with Crippen LogP contribution in [0, 0.1) is 11.7 Å². The Hall–Kier alpha value is -2.22. The van der Waals surface area contributed by atoms with Gasteiger partial charge in [-0.25, -0.2) is 4.39 Å². The van der Waals surface area contributed by atoms with Crippen molar-refractivity contribution in [1.29, 1.82) is 0 Å². The SMILES string of the molecule is Nc1cc(F)cc(NC(=O)c2cc(NC(=O)[C@H]3[C@H](c4cc(Cl)cc(Cl)c4)C3(Cl)Cl)ccc2Cl)c1. The Labute approximate surface area is 219 Å². The lowest BCUT2D eigenvalue weighted by Crippen LogP contribution is -2.18. The van der Waals surface area contributed by atoms with Crippen molar-refractivity contribution in [2.45, 2.75) is 10.3 Å². The van der Waals surface area contributed by atoms with E-state index in [1.807, 2.05) is 0 Å². The number of alkyl halides is 2. The second kappa shape index (κ2) is 9.44. The van der Waals surface area contributed by atoms with Gasteiger partial charge in [0.2, 0.25) is 5.91 Å². The Morgan fingerprint density at radius 3 is 2.21 bits per heavy atom. The van der Waals surface area contributed by atoms with Gasteiger partial charge in [0, 0.05) is 33.0 Å². The van der Waals surface area contributed by atoms with Crippen LogP contribution in [0.5, 0.6) is 0 Å². The highest BCUT2D eigenvalue weighted by molar-refractivity contribution is 6.53. The molecular weight excluding hydrogens is 547 g/mol. The first-order valence-electron chi connectivity index (χ1n) is 9.77. The molecule has 0 saturated heterocycles. The lowest BCUT2D eigenvalue weighted by molar-refractivity contribution is -0.117. The maximum absolute atomic E-state index is 13.6. The van der Waals surface area contributed by atoms with E-state index in [1.165, 1.54) is 24.3 Å². The third-order valence-electron chi connectivity index (χ3n) is 5.24. The molecule has 0 spiro atoms. The van der Waals surface area contributed by atoms with Crippen molar-refractivity contribution < 1.29 is 14.0 Å². The quantitative estimate of drug-likeness (QED) is 0.229. The van der Waals surface area contributed by atoms with Gasteiger partial charge in [-0.15, -0.1) is 23.2 Å². The summed E-state index contributed by atoms with van der Waals surface area (Å²) in [6.07, 6.45) is 0. The molecule has 11 heteroatoms. The Kier molecular flexibility index (Phi) is 6.91. The third kappa shape index (κ3) is 5.21. The highest BCUT2D eigenvalue weighted by atomic mass is 35.5. The molecule has 34 heavy (non-hydrogen) atoms. The van der Waals surface area contributed by atoms with Crippen molar-refractivity contribution in [3.8, 4) is 0 Å². The molecule has 0 radical (unpaired) electrons. The lowest BCUT2D eigenvalue weighted by atomic mass is 10.1. The number of nitrogens with two attached hydrogens (primary N) is 1. The van der Waals surface area contributed by atoms with Crippen molar-refractivity contribution in [2.24, 2.45) is 5.92 Å². The van der Waals surface area contributed by atoms with E-state index >= 15 is 0 Å². The number of hydrogen-bond donors (Lipinski definition) is 3. The van der Waals surface area contributed by atoms with Crippen molar-refractivity contribution in [3.63, 3.8) is 0 Å². The van der Waals surface area contributed by atoms with Gasteiger partial charge in [0.05, 0.1) is 16.5 Å². The van der Waals surface area contributed by atoms with E-state index in [0.29, 0.717) is 15.6 Å². The van der Waals surface area contributed by atoms with Gasteiger partial charge in [0.1, 0.15) is 10.2 Å². The summed E-state index contributed by atoms with van der Waals surface area (Å²) >= 11 is 31.1. The number of rotatable bonds is 5. The maximum Gasteiger partial charge on any atom is 0.257 e. The van der Waals surface area contributed by atoms with Crippen LogP contribution in [0.1, 0.15) is 21.8 Å². The van der Waals surface area contributed by atoms with Crippen LogP contribution in [-0.2, 0) is 4.79 Å². The fraction of sp³-hybridized carbons (Fsp3) is 0.130. The van der Waals surface area contributed by atoms with Gasteiger partial charge in [-0.3, -0.25) is 9.59 Å². The molecule has 0 heterocycles. The first-order valence-corrected chi connectivity index (χ1v) is 11.7. The molecule has 2 amide bonds. The zero-order valence-electron chi connectivity index (χ0n) is 17.0. The summed E-state index contributed by atoms with van der Waals surface area (Å²) in [5.41, 5.74) is 6.89. The van der Waals surface area contributed by atoms with E-state index in [9.17, 15) is 14.0 Å². The number of carbonyl (C=O) groups excluding carboxylic acids is 2. The van der Waals surface area contributed by atoms with Crippen LogP contribution in [0.2, 0.25) is 15.1 Å². The summed E-state index contributed by atoms with van der Waals surface area (Å²) in [5.74, 6) is -2.99. The van der Waals surface area contributed by atoms with Gasteiger partial charge in [0.25, 0.3) is 5.91 Å². The number of anilines is 3.